The number of hydrogen-bond donors (Lipinski definition) is 3. The van der Waals surface area contributed by atoms with Crippen molar-refractivity contribution in [3.63, 3.8) is 0 Å². The van der Waals surface area contributed by atoms with Crippen molar-refractivity contribution < 1.29 is 9.90 Å². The maximum atomic E-state index is 11.2. The van der Waals surface area contributed by atoms with E-state index in [1.165, 1.54) is 6.92 Å². The quantitative estimate of drug-likeness (QED) is 0.702. The van der Waals surface area contributed by atoms with Crippen LogP contribution in [0, 0.1) is 21.8 Å². The summed E-state index contributed by atoms with van der Waals surface area (Å²) in [5.41, 5.74) is 7.32. The summed E-state index contributed by atoms with van der Waals surface area (Å²) in [6.07, 6.45) is -0.893. The Morgan fingerprint density at radius 3 is 2.67 bits per heavy atom. The van der Waals surface area contributed by atoms with Crippen molar-refractivity contribution in [1.29, 1.82) is 5.26 Å². The number of benzene rings is 1. The van der Waals surface area contributed by atoms with Gasteiger partial charge in [0.2, 0.25) is 5.91 Å². The lowest BCUT2D eigenvalue weighted by molar-refractivity contribution is -0.120. The Bertz CT molecular complexity index is 509. The van der Waals surface area contributed by atoms with E-state index in [1.54, 1.807) is 12.1 Å². The molecule has 0 saturated carbocycles. The zero-order valence-electron chi connectivity index (χ0n) is 10.1. The zero-order chi connectivity index (χ0) is 13.9. The van der Waals surface area contributed by atoms with Gasteiger partial charge in [0, 0.05) is 9.26 Å². The van der Waals surface area contributed by atoms with Crippen LogP contribution in [0.25, 0.3) is 0 Å². The van der Waals surface area contributed by atoms with Crippen molar-refractivity contribution >= 4 is 34.2 Å². The third-order valence-electron chi connectivity index (χ3n) is 2.61. The Morgan fingerprint density at radius 1 is 1.61 bits per heavy atom. The van der Waals surface area contributed by atoms with Crippen LogP contribution in [0.15, 0.2) is 12.1 Å². The number of nitrogens with zero attached hydrogens (tertiary/aromatic N) is 1. The molecule has 4 N–H and O–H groups in total. The Kier molecular flexibility index (Phi) is 4.93. The molecule has 6 heteroatoms. The van der Waals surface area contributed by atoms with Crippen LogP contribution in [0.5, 0.6) is 0 Å². The fourth-order valence-corrected chi connectivity index (χ4v) is 2.12. The second-order valence-corrected chi connectivity index (χ2v) is 5.06. The van der Waals surface area contributed by atoms with Gasteiger partial charge in [-0.1, -0.05) is 0 Å². The van der Waals surface area contributed by atoms with E-state index in [2.05, 4.69) is 34.0 Å². The van der Waals surface area contributed by atoms with Gasteiger partial charge in [0.15, 0.2) is 0 Å². The zero-order valence-corrected chi connectivity index (χ0v) is 12.2. The maximum absolute atomic E-state index is 11.2. The second-order valence-electron chi connectivity index (χ2n) is 3.98. The Labute approximate surface area is 119 Å². The minimum atomic E-state index is -0.893. The molecule has 1 aromatic rings. The summed E-state index contributed by atoms with van der Waals surface area (Å²) < 4.78 is 0.814. The summed E-state index contributed by atoms with van der Waals surface area (Å²) in [5.74, 6) is -0.622. The first kappa shape index (κ1) is 14.7. The van der Waals surface area contributed by atoms with E-state index in [0.29, 0.717) is 11.3 Å². The van der Waals surface area contributed by atoms with Crippen molar-refractivity contribution in [2.24, 2.45) is 5.73 Å². The summed E-state index contributed by atoms with van der Waals surface area (Å²) in [5, 5.41) is 21.3. The molecular weight excluding hydrogens is 345 g/mol. The molecule has 0 aromatic heterocycles. The number of nitrogens with one attached hydrogen (secondary N) is 1. The molecule has 1 aromatic carbocycles. The van der Waals surface area contributed by atoms with Crippen molar-refractivity contribution in [3.8, 4) is 6.07 Å². The highest BCUT2D eigenvalue weighted by atomic mass is 127. The van der Waals surface area contributed by atoms with Gasteiger partial charge in [-0.25, -0.2) is 0 Å². The minimum Gasteiger partial charge on any atom is -0.391 e. The molecule has 0 heterocycles. The van der Waals surface area contributed by atoms with Gasteiger partial charge in [0.05, 0.1) is 11.7 Å². The molecule has 18 heavy (non-hydrogen) atoms. The van der Waals surface area contributed by atoms with Crippen LogP contribution >= 0.6 is 22.6 Å². The van der Waals surface area contributed by atoms with Gasteiger partial charge in [-0.2, -0.15) is 5.26 Å². The van der Waals surface area contributed by atoms with Crippen molar-refractivity contribution in [1.82, 2.24) is 0 Å². The smallest absolute Gasteiger partial charge is 0.242 e. The predicted molar refractivity (Wildman–Crippen MR) is 76.9 cm³/mol. The van der Waals surface area contributed by atoms with Crippen LogP contribution in [0.1, 0.15) is 18.1 Å². The van der Waals surface area contributed by atoms with Gasteiger partial charge in [-0.05, 0) is 54.1 Å². The number of nitrogens with two attached hydrogens (primary N) is 1. The summed E-state index contributed by atoms with van der Waals surface area (Å²) in [7, 11) is 0. The lowest BCUT2D eigenvalue weighted by atomic mass is 10.1. The van der Waals surface area contributed by atoms with Crippen LogP contribution in [0.4, 0.5) is 5.69 Å². The van der Waals surface area contributed by atoms with Gasteiger partial charge in [0.1, 0.15) is 12.1 Å². The van der Waals surface area contributed by atoms with Crippen molar-refractivity contribution in [2.45, 2.75) is 26.0 Å². The van der Waals surface area contributed by atoms with Gasteiger partial charge >= 0.3 is 0 Å². The first-order chi connectivity index (χ1) is 8.38. The second kappa shape index (κ2) is 6.02. The molecular formula is C12H14IN3O2. The van der Waals surface area contributed by atoms with E-state index in [1.807, 2.05) is 6.92 Å². The fourth-order valence-electron chi connectivity index (χ4n) is 1.52. The lowest BCUT2D eigenvalue weighted by Gasteiger charge is -2.21. The summed E-state index contributed by atoms with van der Waals surface area (Å²) >= 11 is 2.07. The number of carbonyl (C=O) groups is 1. The number of carbonyl (C=O) groups excluding carboxylic acids is 1. The standard InChI is InChI=1S/C12H14IN3O2/c1-6-9(4-3-8(5-14)10(6)13)16-11(7(2)17)12(15)18/h3-4,7,11,16-17H,1-2H3,(H2,15,18)/t7-,11-/m1/s1. The molecule has 5 nitrogen and oxygen atoms in total. The molecule has 1 amide bonds. The molecule has 0 aliphatic carbocycles. The molecule has 0 aliphatic heterocycles. The number of halogens is 1. The third-order valence-corrected chi connectivity index (χ3v) is 4.00. The van der Waals surface area contributed by atoms with Crippen LogP contribution in [-0.2, 0) is 4.79 Å². The molecule has 0 spiro atoms. The number of rotatable bonds is 4. The average molecular weight is 359 g/mol. The molecule has 0 fully saturated rings. The minimum absolute atomic E-state index is 0.575. The normalized spacial score (nSPS) is 13.5. The molecule has 0 aliphatic rings. The topological polar surface area (TPSA) is 99.1 Å². The van der Waals surface area contributed by atoms with E-state index < -0.39 is 18.1 Å². The Balaban J connectivity index is 3.09. The third kappa shape index (κ3) is 3.11. The SMILES string of the molecule is Cc1c(N[C@@H](C(N)=O)[C@@H](C)O)ccc(C#N)c1I. The van der Waals surface area contributed by atoms with Gasteiger partial charge in [-0.3, -0.25) is 4.79 Å². The first-order valence-corrected chi connectivity index (χ1v) is 6.39. The highest BCUT2D eigenvalue weighted by Crippen LogP contribution is 2.24. The van der Waals surface area contributed by atoms with Crippen LogP contribution in [-0.4, -0.2) is 23.2 Å². The number of aliphatic hydroxyl groups excluding tert-OH is 1. The number of primary amides is 1. The maximum Gasteiger partial charge on any atom is 0.242 e. The van der Waals surface area contributed by atoms with Crippen molar-refractivity contribution in [2.75, 3.05) is 5.32 Å². The predicted octanol–water partition coefficient (Wildman–Crippen LogP) is 1.12. The van der Waals surface area contributed by atoms with E-state index in [-0.39, 0.29) is 0 Å². The molecule has 0 radical (unpaired) electrons. The molecule has 0 bridgehead atoms. The lowest BCUT2D eigenvalue weighted by Crippen LogP contribution is -2.43. The van der Waals surface area contributed by atoms with E-state index >= 15 is 0 Å². The van der Waals surface area contributed by atoms with Crippen LogP contribution in [0.3, 0.4) is 0 Å². The number of amides is 1. The number of aliphatic hydroxyl groups is 1. The Morgan fingerprint density at radius 2 is 2.22 bits per heavy atom. The molecule has 1 rings (SSSR count). The van der Waals surface area contributed by atoms with Crippen LogP contribution < -0.4 is 11.1 Å². The largest absolute Gasteiger partial charge is 0.391 e. The van der Waals surface area contributed by atoms with E-state index in [0.717, 1.165) is 9.13 Å². The van der Waals surface area contributed by atoms with Gasteiger partial charge in [0.25, 0.3) is 0 Å². The number of nitriles is 1. The summed E-state index contributed by atoms with van der Waals surface area (Å²) in [6.45, 7) is 3.33. The van der Waals surface area contributed by atoms with E-state index in [4.69, 9.17) is 11.0 Å². The average Bonchev–Trinajstić information content (AvgIpc) is 2.30. The van der Waals surface area contributed by atoms with E-state index in [9.17, 15) is 9.90 Å². The van der Waals surface area contributed by atoms with Gasteiger partial charge in [-0.15, -0.1) is 0 Å². The first-order valence-electron chi connectivity index (χ1n) is 5.31. The Hall–Kier alpha value is -1.33. The van der Waals surface area contributed by atoms with Gasteiger partial charge < -0.3 is 16.2 Å². The fraction of sp³-hybridized carbons (Fsp3) is 0.333. The summed E-state index contributed by atoms with van der Waals surface area (Å²) in [4.78, 5) is 11.2. The van der Waals surface area contributed by atoms with Crippen molar-refractivity contribution in [3.05, 3.63) is 26.8 Å². The highest BCUT2D eigenvalue weighted by Gasteiger charge is 2.22. The molecule has 0 saturated heterocycles. The molecule has 96 valence electrons. The molecule has 0 unspecified atom stereocenters. The molecule has 2 atom stereocenters. The monoisotopic (exact) mass is 359 g/mol. The number of anilines is 1. The van der Waals surface area contributed by atoms with Crippen LogP contribution in [0.2, 0.25) is 0 Å². The summed E-state index contributed by atoms with van der Waals surface area (Å²) in [6, 6.07) is 4.60. The highest BCUT2D eigenvalue weighted by molar-refractivity contribution is 14.1. The number of hydrogen-bond acceptors (Lipinski definition) is 4.